The highest BCUT2D eigenvalue weighted by atomic mass is 15.3. The Morgan fingerprint density at radius 3 is 1.94 bits per heavy atom. The highest BCUT2D eigenvalue weighted by molar-refractivity contribution is 5.01. The summed E-state index contributed by atoms with van der Waals surface area (Å²) in [6.07, 6.45) is 3.99. The molecule has 0 saturated carbocycles. The SMILES string of the molecule is CC1CCC(C)(C)N(C(C)(C)C)C(C)(C)C1. The molecule has 0 radical (unpaired) electrons. The Morgan fingerprint density at radius 2 is 1.50 bits per heavy atom. The molecule has 0 aromatic rings. The van der Waals surface area contributed by atoms with Crippen molar-refractivity contribution in [2.45, 2.75) is 91.3 Å². The van der Waals surface area contributed by atoms with Gasteiger partial charge in [-0.25, -0.2) is 0 Å². The highest BCUT2D eigenvalue weighted by Crippen LogP contribution is 2.43. The molecule has 0 amide bonds. The van der Waals surface area contributed by atoms with Crippen molar-refractivity contribution in [1.82, 2.24) is 4.90 Å². The van der Waals surface area contributed by atoms with Gasteiger partial charge in [-0.2, -0.15) is 0 Å². The minimum Gasteiger partial charge on any atom is -0.288 e. The molecule has 1 aliphatic heterocycles. The maximum Gasteiger partial charge on any atom is 0.0166 e. The van der Waals surface area contributed by atoms with Crippen molar-refractivity contribution < 1.29 is 0 Å². The van der Waals surface area contributed by atoms with Crippen LogP contribution in [-0.2, 0) is 0 Å². The third kappa shape index (κ3) is 2.80. The van der Waals surface area contributed by atoms with Gasteiger partial charge in [0.15, 0.2) is 0 Å². The van der Waals surface area contributed by atoms with Gasteiger partial charge in [-0.3, -0.25) is 4.90 Å². The lowest BCUT2D eigenvalue weighted by atomic mass is 9.84. The van der Waals surface area contributed by atoms with Crippen molar-refractivity contribution >= 4 is 0 Å². The molecule has 1 heteroatoms. The lowest BCUT2D eigenvalue weighted by Gasteiger charge is -2.55. The maximum atomic E-state index is 2.75. The monoisotopic (exact) mass is 225 g/mol. The van der Waals surface area contributed by atoms with E-state index in [0.717, 1.165) is 5.92 Å². The zero-order chi connectivity index (χ0) is 12.8. The Bertz CT molecular complexity index is 245. The van der Waals surface area contributed by atoms with Crippen molar-refractivity contribution in [3.05, 3.63) is 0 Å². The molecule has 1 unspecified atom stereocenters. The summed E-state index contributed by atoms with van der Waals surface area (Å²) in [6.45, 7) is 19.1. The molecule has 0 aliphatic carbocycles. The van der Waals surface area contributed by atoms with Gasteiger partial charge in [-0.1, -0.05) is 6.92 Å². The van der Waals surface area contributed by atoms with Crippen LogP contribution in [0, 0.1) is 5.92 Å². The van der Waals surface area contributed by atoms with Crippen LogP contribution in [0.15, 0.2) is 0 Å². The molecule has 1 saturated heterocycles. The molecule has 1 aliphatic rings. The maximum absolute atomic E-state index is 2.75. The average Bonchev–Trinajstić information content (AvgIpc) is 2.01. The molecule has 1 heterocycles. The van der Waals surface area contributed by atoms with E-state index in [2.05, 4.69) is 60.3 Å². The van der Waals surface area contributed by atoms with Crippen LogP contribution in [0.1, 0.15) is 74.7 Å². The van der Waals surface area contributed by atoms with Gasteiger partial charge in [-0.15, -0.1) is 0 Å². The van der Waals surface area contributed by atoms with Crippen LogP contribution < -0.4 is 0 Å². The van der Waals surface area contributed by atoms with Gasteiger partial charge in [0.25, 0.3) is 0 Å². The topological polar surface area (TPSA) is 3.24 Å². The van der Waals surface area contributed by atoms with E-state index in [4.69, 9.17) is 0 Å². The van der Waals surface area contributed by atoms with E-state index < -0.39 is 0 Å². The molecule has 0 aromatic carbocycles. The largest absolute Gasteiger partial charge is 0.288 e. The summed E-state index contributed by atoms with van der Waals surface area (Å²) in [4.78, 5) is 2.75. The van der Waals surface area contributed by atoms with Gasteiger partial charge in [0.05, 0.1) is 0 Å². The second-order valence-electron chi connectivity index (χ2n) is 7.98. The zero-order valence-corrected chi connectivity index (χ0v) is 12.6. The van der Waals surface area contributed by atoms with Crippen LogP contribution in [-0.4, -0.2) is 21.5 Å². The Balaban J connectivity index is 3.14. The quantitative estimate of drug-likeness (QED) is 0.588. The molecule has 0 spiro atoms. The van der Waals surface area contributed by atoms with Gasteiger partial charge >= 0.3 is 0 Å². The Kier molecular flexibility index (Phi) is 3.52. The molecule has 0 aromatic heterocycles. The minimum absolute atomic E-state index is 0.247. The summed E-state index contributed by atoms with van der Waals surface area (Å²) >= 11 is 0. The second kappa shape index (κ2) is 4.01. The van der Waals surface area contributed by atoms with Crippen LogP contribution in [0.25, 0.3) is 0 Å². The van der Waals surface area contributed by atoms with E-state index in [1.165, 1.54) is 19.3 Å². The highest BCUT2D eigenvalue weighted by Gasteiger charge is 2.46. The van der Waals surface area contributed by atoms with Gasteiger partial charge < -0.3 is 0 Å². The Hall–Kier alpha value is -0.0400. The Morgan fingerprint density at radius 1 is 1.00 bits per heavy atom. The summed E-state index contributed by atoms with van der Waals surface area (Å²) in [5.41, 5.74) is 0.862. The summed E-state index contributed by atoms with van der Waals surface area (Å²) < 4.78 is 0. The molecule has 0 N–H and O–H groups in total. The molecular weight excluding hydrogens is 194 g/mol. The van der Waals surface area contributed by atoms with Crippen LogP contribution in [0.2, 0.25) is 0 Å². The van der Waals surface area contributed by atoms with E-state index in [1.54, 1.807) is 0 Å². The third-order valence-electron chi connectivity index (χ3n) is 3.98. The van der Waals surface area contributed by atoms with Crippen molar-refractivity contribution in [2.24, 2.45) is 5.92 Å². The molecular formula is C15H31N. The van der Waals surface area contributed by atoms with Gasteiger partial charge in [0.2, 0.25) is 0 Å². The smallest absolute Gasteiger partial charge is 0.0166 e. The van der Waals surface area contributed by atoms with Crippen molar-refractivity contribution in [1.29, 1.82) is 0 Å². The van der Waals surface area contributed by atoms with Crippen LogP contribution in [0.5, 0.6) is 0 Å². The molecule has 1 atom stereocenters. The van der Waals surface area contributed by atoms with Crippen LogP contribution in [0.4, 0.5) is 0 Å². The van der Waals surface area contributed by atoms with Crippen molar-refractivity contribution in [3.8, 4) is 0 Å². The lowest BCUT2D eigenvalue weighted by Crippen LogP contribution is -2.62. The first-order chi connectivity index (χ1) is 6.97. The predicted molar refractivity (Wildman–Crippen MR) is 72.8 cm³/mol. The second-order valence-corrected chi connectivity index (χ2v) is 7.98. The van der Waals surface area contributed by atoms with Crippen molar-refractivity contribution in [3.63, 3.8) is 0 Å². The first-order valence-corrected chi connectivity index (χ1v) is 6.77. The number of hydrogen-bond donors (Lipinski definition) is 0. The Labute approximate surface area is 103 Å². The first-order valence-electron chi connectivity index (χ1n) is 6.77. The standard InChI is InChI=1S/C15H31N/c1-12-9-10-14(5,6)16(13(2,3)4)15(7,8)11-12/h12H,9-11H2,1-8H3. The van der Waals surface area contributed by atoms with E-state index in [-0.39, 0.29) is 5.54 Å². The van der Waals surface area contributed by atoms with Crippen LogP contribution in [0.3, 0.4) is 0 Å². The summed E-state index contributed by atoms with van der Waals surface area (Å²) in [5, 5.41) is 0. The van der Waals surface area contributed by atoms with Gasteiger partial charge in [0, 0.05) is 16.6 Å². The first kappa shape index (κ1) is 14.0. The lowest BCUT2D eigenvalue weighted by molar-refractivity contribution is -0.0558. The number of rotatable bonds is 0. The van der Waals surface area contributed by atoms with E-state index in [1.807, 2.05) is 0 Å². The molecule has 1 fully saturated rings. The fraction of sp³-hybridized carbons (Fsp3) is 1.00. The summed E-state index contributed by atoms with van der Waals surface area (Å²) in [6, 6.07) is 0. The molecule has 16 heavy (non-hydrogen) atoms. The van der Waals surface area contributed by atoms with Crippen LogP contribution >= 0.6 is 0 Å². The molecule has 96 valence electrons. The predicted octanol–water partition coefficient (Wildman–Crippen LogP) is 4.46. The van der Waals surface area contributed by atoms with E-state index >= 15 is 0 Å². The normalized spacial score (nSPS) is 31.1. The number of likely N-dealkylation sites (tertiary alicyclic amines) is 1. The van der Waals surface area contributed by atoms with E-state index in [0.29, 0.717) is 11.1 Å². The fourth-order valence-electron chi connectivity index (χ4n) is 4.39. The average molecular weight is 225 g/mol. The van der Waals surface area contributed by atoms with Crippen molar-refractivity contribution in [2.75, 3.05) is 0 Å². The number of nitrogens with zero attached hydrogens (tertiary/aromatic N) is 1. The minimum atomic E-state index is 0.247. The zero-order valence-electron chi connectivity index (χ0n) is 12.6. The molecule has 1 nitrogen and oxygen atoms in total. The van der Waals surface area contributed by atoms with E-state index in [9.17, 15) is 0 Å². The fourth-order valence-corrected chi connectivity index (χ4v) is 4.39. The van der Waals surface area contributed by atoms with Gasteiger partial charge in [0.1, 0.15) is 0 Å². The molecule has 0 bridgehead atoms. The molecule has 1 rings (SSSR count). The summed E-state index contributed by atoms with van der Waals surface area (Å²) in [7, 11) is 0. The summed E-state index contributed by atoms with van der Waals surface area (Å²) in [5.74, 6) is 0.849. The third-order valence-corrected chi connectivity index (χ3v) is 3.98. The number of hydrogen-bond acceptors (Lipinski definition) is 1. The van der Waals surface area contributed by atoms with Gasteiger partial charge in [-0.05, 0) is 73.6 Å².